The van der Waals surface area contributed by atoms with Crippen molar-refractivity contribution in [3.05, 3.63) is 34.9 Å². The quantitative estimate of drug-likeness (QED) is 0.888. The molecule has 2 aliphatic rings. The summed E-state index contributed by atoms with van der Waals surface area (Å²) in [4.78, 5) is 12.5. The van der Waals surface area contributed by atoms with E-state index in [1.165, 1.54) is 16.7 Å². The molecule has 2 aliphatic carbocycles. The average molecular weight is 272 g/mol. The molecular weight excluding hydrogens is 248 g/mol. The molecular formula is C17H24N2O. The molecule has 1 saturated carbocycles. The Morgan fingerprint density at radius 1 is 1.35 bits per heavy atom. The zero-order chi connectivity index (χ0) is 14.1. The van der Waals surface area contributed by atoms with Crippen molar-refractivity contribution in [1.29, 1.82) is 0 Å². The van der Waals surface area contributed by atoms with Crippen LogP contribution in [0.5, 0.6) is 0 Å². The minimum Gasteiger partial charge on any atom is -0.349 e. The maximum absolute atomic E-state index is 12.5. The molecule has 1 unspecified atom stereocenters. The molecule has 0 bridgehead atoms. The van der Waals surface area contributed by atoms with Gasteiger partial charge in [0.25, 0.3) is 0 Å². The van der Waals surface area contributed by atoms with Crippen LogP contribution in [-0.2, 0) is 11.2 Å². The van der Waals surface area contributed by atoms with E-state index in [-0.39, 0.29) is 17.9 Å². The lowest BCUT2D eigenvalue weighted by molar-refractivity contribution is -0.126. The Balaban J connectivity index is 1.69. The van der Waals surface area contributed by atoms with Gasteiger partial charge in [-0.3, -0.25) is 4.79 Å². The van der Waals surface area contributed by atoms with Gasteiger partial charge in [-0.1, -0.05) is 30.2 Å². The number of carbonyl (C=O) groups excluding carboxylic acids is 1. The molecule has 1 amide bonds. The van der Waals surface area contributed by atoms with Crippen LogP contribution in [-0.4, -0.2) is 12.5 Å². The van der Waals surface area contributed by atoms with Gasteiger partial charge in [-0.15, -0.1) is 0 Å². The van der Waals surface area contributed by atoms with Crippen molar-refractivity contribution in [3.8, 4) is 0 Å². The van der Waals surface area contributed by atoms with Gasteiger partial charge in [0.2, 0.25) is 5.91 Å². The van der Waals surface area contributed by atoms with E-state index in [1.54, 1.807) is 0 Å². The fourth-order valence-corrected chi connectivity index (χ4v) is 3.84. The van der Waals surface area contributed by atoms with E-state index in [1.807, 2.05) is 0 Å². The summed E-state index contributed by atoms with van der Waals surface area (Å²) in [5, 5.41) is 3.27. The highest BCUT2D eigenvalue weighted by Crippen LogP contribution is 2.35. The predicted molar refractivity (Wildman–Crippen MR) is 80.3 cm³/mol. The normalized spacial score (nSPS) is 28.4. The van der Waals surface area contributed by atoms with Crippen molar-refractivity contribution in [2.45, 2.75) is 45.1 Å². The highest BCUT2D eigenvalue weighted by atomic mass is 16.2. The van der Waals surface area contributed by atoms with Crippen molar-refractivity contribution in [3.63, 3.8) is 0 Å². The van der Waals surface area contributed by atoms with Gasteiger partial charge in [0.15, 0.2) is 0 Å². The van der Waals surface area contributed by atoms with Crippen molar-refractivity contribution >= 4 is 5.91 Å². The van der Waals surface area contributed by atoms with E-state index < -0.39 is 0 Å². The first-order valence-electron chi connectivity index (χ1n) is 7.79. The van der Waals surface area contributed by atoms with Crippen LogP contribution in [0.1, 0.15) is 48.4 Å². The molecule has 3 rings (SSSR count). The molecule has 0 radical (unpaired) electrons. The Bertz CT molecular complexity index is 512. The molecule has 1 aromatic carbocycles. The summed E-state index contributed by atoms with van der Waals surface area (Å²) in [5.41, 5.74) is 9.80. The van der Waals surface area contributed by atoms with Gasteiger partial charge in [-0.05, 0) is 56.2 Å². The van der Waals surface area contributed by atoms with Crippen molar-refractivity contribution < 1.29 is 4.79 Å². The molecule has 0 aromatic heterocycles. The van der Waals surface area contributed by atoms with Crippen LogP contribution >= 0.6 is 0 Å². The molecule has 0 saturated heterocycles. The second kappa shape index (κ2) is 5.57. The molecule has 3 nitrogen and oxygen atoms in total. The number of hydrogen-bond acceptors (Lipinski definition) is 2. The van der Waals surface area contributed by atoms with E-state index in [0.29, 0.717) is 12.5 Å². The Kier molecular flexibility index (Phi) is 3.79. The SMILES string of the molecule is Cc1ccc2c(c1)CCC2NC(=O)[C@@H]1CCC[C@@H]1CN. The van der Waals surface area contributed by atoms with Gasteiger partial charge in [0.05, 0.1) is 6.04 Å². The Morgan fingerprint density at radius 3 is 3.00 bits per heavy atom. The third-order valence-electron chi connectivity index (χ3n) is 4.99. The molecule has 0 spiro atoms. The minimum atomic E-state index is 0.134. The Hall–Kier alpha value is -1.35. The third-order valence-corrected chi connectivity index (χ3v) is 4.99. The van der Waals surface area contributed by atoms with Gasteiger partial charge in [0.1, 0.15) is 0 Å². The first kappa shape index (κ1) is 13.6. The standard InChI is InChI=1S/C17H24N2O/c1-11-5-7-14-12(9-11)6-8-16(14)19-17(20)15-4-2-3-13(15)10-18/h5,7,9,13,15-16H,2-4,6,8,10,18H2,1H3,(H,19,20)/t13-,15-,16?/m1/s1. The van der Waals surface area contributed by atoms with Crippen LogP contribution in [0.2, 0.25) is 0 Å². The summed E-state index contributed by atoms with van der Waals surface area (Å²) in [5.74, 6) is 0.736. The summed E-state index contributed by atoms with van der Waals surface area (Å²) in [6.07, 6.45) is 5.36. The lowest BCUT2D eigenvalue weighted by atomic mass is 9.94. The van der Waals surface area contributed by atoms with E-state index in [4.69, 9.17) is 5.73 Å². The topological polar surface area (TPSA) is 55.1 Å². The fourth-order valence-electron chi connectivity index (χ4n) is 3.84. The molecule has 0 aliphatic heterocycles. The number of nitrogens with one attached hydrogen (secondary N) is 1. The predicted octanol–water partition coefficient (Wildman–Crippen LogP) is 2.47. The summed E-state index contributed by atoms with van der Waals surface area (Å²) in [7, 11) is 0. The second-order valence-electron chi connectivity index (χ2n) is 6.34. The molecule has 3 heteroatoms. The third kappa shape index (κ3) is 2.47. The average Bonchev–Trinajstić information content (AvgIpc) is 3.05. The van der Waals surface area contributed by atoms with E-state index in [9.17, 15) is 4.79 Å². The van der Waals surface area contributed by atoms with Crippen LogP contribution in [0.15, 0.2) is 18.2 Å². The molecule has 3 atom stereocenters. The summed E-state index contributed by atoms with van der Waals surface area (Å²) < 4.78 is 0. The first-order chi connectivity index (χ1) is 9.69. The summed E-state index contributed by atoms with van der Waals surface area (Å²) >= 11 is 0. The highest BCUT2D eigenvalue weighted by molar-refractivity contribution is 5.80. The van der Waals surface area contributed by atoms with Gasteiger partial charge in [0, 0.05) is 5.92 Å². The number of amides is 1. The number of fused-ring (bicyclic) bond motifs is 1. The van der Waals surface area contributed by atoms with Crippen LogP contribution in [0.3, 0.4) is 0 Å². The smallest absolute Gasteiger partial charge is 0.223 e. The van der Waals surface area contributed by atoms with Gasteiger partial charge >= 0.3 is 0 Å². The van der Waals surface area contributed by atoms with Crippen LogP contribution in [0, 0.1) is 18.8 Å². The molecule has 20 heavy (non-hydrogen) atoms. The molecule has 1 fully saturated rings. The number of rotatable bonds is 3. The zero-order valence-corrected chi connectivity index (χ0v) is 12.2. The number of aryl methyl sites for hydroxylation is 2. The van der Waals surface area contributed by atoms with Crippen molar-refractivity contribution in [1.82, 2.24) is 5.32 Å². The largest absolute Gasteiger partial charge is 0.349 e. The molecule has 1 aromatic rings. The Morgan fingerprint density at radius 2 is 2.20 bits per heavy atom. The van der Waals surface area contributed by atoms with Gasteiger partial charge in [-0.25, -0.2) is 0 Å². The maximum Gasteiger partial charge on any atom is 0.223 e. The number of nitrogens with two attached hydrogens (primary N) is 1. The Labute approximate surface area is 120 Å². The van der Waals surface area contributed by atoms with E-state index in [0.717, 1.165) is 32.1 Å². The fraction of sp³-hybridized carbons (Fsp3) is 0.588. The minimum absolute atomic E-state index is 0.134. The van der Waals surface area contributed by atoms with E-state index in [2.05, 4.69) is 30.4 Å². The number of benzene rings is 1. The number of hydrogen-bond donors (Lipinski definition) is 2. The lowest BCUT2D eigenvalue weighted by Gasteiger charge is -2.21. The van der Waals surface area contributed by atoms with Crippen LogP contribution < -0.4 is 11.1 Å². The van der Waals surface area contributed by atoms with Crippen molar-refractivity contribution in [2.24, 2.45) is 17.6 Å². The molecule has 0 heterocycles. The van der Waals surface area contributed by atoms with Crippen molar-refractivity contribution in [2.75, 3.05) is 6.54 Å². The molecule has 108 valence electrons. The summed E-state index contributed by atoms with van der Waals surface area (Å²) in [6, 6.07) is 6.77. The monoisotopic (exact) mass is 272 g/mol. The lowest BCUT2D eigenvalue weighted by Crippen LogP contribution is -2.36. The second-order valence-corrected chi connectivity index (χ2v) is 6.34. The summed E-state index contributed by atoms with van der Waals surface area (Å²) in [6.45, 7) is 2.76. The first-order valence-corrected chi connectivity index (χ1v) is 7.79. The highest BCUT2D eigenvalue weighted by Gasteiger charge is 2.34. The van der Waals surface area contributed by atoms with Gasteiger partial charge < -0.3 is 11.1 Å². The van der Waals surface area contributed by atoms with Gasteiger partial charge in [-0.2, -0.15) is 0 Å². The zero-order valence-electron chi connectivity index (χ0n) is 12.2. The van der Waals surface area contributed by atoms with Crippen LogP contribution in [0.25, 0.3) is 0 Å². The van der Waals surface area contributed by atoms with Crippen LogP contribution in [0.4, 0.5) is 0 Å². The van der Waals surface area contributed by atoms with E-state index >= 15 is 0 Å². The number of carbonyl (C=O) groups is 1. The molecule has 3 N–H and O–H groups in total. The maximum atomic E-state index is 12.5.